The summed E-state index contributed by atoms with van der Waals surface area (Å²) in [6.07, 6.45) is 4.90. The van der Waals surface area contributed by atoms with E-state index in [-0.39, 0.29) is 5.78 Å². The monoisotopic (exact) mass is 380 g/mol. The van der Waals surface area contributed by atoms with Crippen LogP contribution in [-0.4, -0.2) is 47.5 Å². The second-order valence-corrected chi connectivity index (χ2v) is 6.79. The minimum absolute atomic E-state index is 0.243. The smallest absolute Gasteiger partial charge is 0.313 e. The van der Waals surface area contributed by atoms with Crippen molar-refractivity contribution in [1.82, 2.24) is 9.47 Å². The van der Waals surface area contributed by atoms with Crippen molar-refractivity contribution in [1.29, 1.82) is 0 Å². The lowest BCUT2D eigenvalue weighted by Crippen LogP contribution is -2.42. The van der Waals surface area contributed by atoms with Gasteiger partial charge in [-0.15, -0.1) is 0 Å². The van der Waals surface area contributed by atoms with Crippen LogP contribution in [0.1, 0.15) is 22.2 Å². The van der Waals surface area contributed by atoms with Gasteiger partial charge in [-0.05, 0) is 18.2 Å². The van der Waals surface area contributed by atoms with Gasteiger partial charge >= 0.3 is 11.9 Å². The topological polar surface area (TPSA) is 77.8 Å². The molecule has 1 fully saturated rings. The standard InChI is InChI=1S/C21H20N2O5/c1-27-20(25)15-16(21(26)28-2)19-22-11-6-9-14(22)10-12-23(19)17(15)18(24)13-7-4-3-5-8-13/h3-12,15-17,19H,1-2H3/t15-,16-,17+,19+/m1/s1. The third-order valence-electron chi connectivity index (χ3n) is 5.46. The molecule has 4 atom stereocenters. The van der Waals surface area contributed by atoms with Crippen LogP contribution in [0.4, 0.5) is 0 Å². The Kier molecular flexibility index (Phi) is 4.50. The van der Waals surface area contributed by atoms with Gasteiger partial charge in [0.15, 0.2) is 5.78 Å². The Morgan fingerprint density at radius 2 is 1.57 bits per heavy atom. The Bertz CT molecular complexity index is 949. The molecule has 0 unspecified atom stereocenters. The van der Waals surface area contributed by atoms with Crippen molar-refractivity contribution in [2.75, 3.05) is 14.2 Å². The van der Waals surface area contributed by atoms with Crippen LogP contribution in [0.5, 0.6) is 0 Å². The highest BCUT2D eigenvalue weighted by atomic mass is 16.5. The van der Waals surface area contributed by atoms with Crippen molar-refractivity contribution >= 4 is 23.8 Å². The molecule has 2 aliphatic heterocycles. The molecular weight excluding hydrogens is 360 g/mol. The van der Waals surface area contributed by atoms with Crippen molar-refractivity contribution in [3.8, 4) is 0 Å². The van der Waals surface area contributed by atoms with Gasteiger partial charge in [0.05, 0.1) is 14.2 Å². The third kappa shape index (κ3) is 2.62. The summed E-state index contributed by atoms with van der Waals surface area (Å²) >= 11 is 0. The number of hydrogen-bond acceptors (Lipinski definition) is 6. The van der Waals surface area contributed by atoms with Crippen LogP contribution in [0.25, 0.3) is 6.08 Å². The minimum atomic E-state index is -0.992. The van der Waals surface area contributed by atoms with Crippen LogP contribution >= 0.6 is 0 Å². The fourth-order valence-electron chi connectivity index (χ4n) is 4.25. The molecule has 0 radical (unpaired) electrons. The Labute approximate surface area is 162 Å². The Hall–Kier alpha value is -3.35. The quantitative estimate of drug-likeness (QED) is 0.597. The van der Waals surface area contributed by atoms with Crippen LogP contribution in [0.2, 0.25) is 0 Å². The maximum atomic E-state index is 13.4. The summed E-state index contributed by atoms with van der Waals surface area (Å²) in [7, 11) is 2.54. The number of esters is 2. The Balaban J connectivity index is 1.87. The maximum absolute atomic E-state index is 13.4. The largest absolute Gasteiger partial charge is 0.469 e. The zero-order valence-corrected chi connectivity index (χ0v) is 15.5. The van der Waals surface area contributed by atoms with E-state index in [0.717, 1.165) is 5.69 Å². The Morgan fingerprint density at radius 1 is 0.893 bits per heavy atom. The van der Waals surface area contributed by atoms with Crippen molar-refractivity contribution < 1.29 is 23.9 Å². The average molecular weight is 380 g/mol. The molecule has 0 amide bonds. The van der Waals surface area contributed by atoms with Gasteiger partial charge < -0.3 is 18.9 Å². The molecule has 0 spiro atoms. The third-order valence-corrected chi connectivity index (χ3v) is 5.46. The van der Waals surface area contributed by atoms with E-state index in [9.17, 15) is 14.4 Å². The number of methoxy groups -OCH3 is 2. The molecule has 0 N–H and O–H groups in total. The molecule has 7 heteroatoms. The van der Waals surface area contributed by atoms with Crippen molar-refractivity contribution in [2.24, 2.45) is 11.8 Å². The van der Waals surface area contributed by atoms with E-state index < -0.39 is 36.0 Å². The molecule has 1 aromatic heterocycles. The lowest BCUT2D eigenvalue weighted by molar-refractivity contribution is -0.157. The van der Waals surface area contributed by atoms with Gasteiger partial charge in [-0.3, -0.25) is 14.4 Å². The van der Waals surface area contributed by atoms with Crippen LogP contribution < -0.4 is 0 Å². The summed E-state index contributed by atoms with van der Waals surface area (Å²) in [5, 5.41) is 0. The van der Waals surface area contributed by atoms with Crippen molar-refractivity contribution in [3.05, 3.63) is 66.1 Å². The first-order valence-corrected chi connectivity index (χ1v) is 8.96. The first kappa shape index (κ1) is 18.0. The van der Waals surface area contributed by atoms with Gasteiger partial charge in [-0.2, -0.15) is 0 Å². The van der Waals surface area contributed by atoms with E-state index in [1.165, 1.54) is 14.2 Å². The number of rotatable bonds is 4. The van der Waals surface area contributed by atoms with Crippen LogP contribution in [-0.2, 0) is 19.1 Å². The van der Waals surface area contributed by atoms with Gasteiger partial charge in [-0.25, -0.2) is 0 Å². The van der Waals surface area contributed by atoms with E-state index in [1.54, 1.807) is 35.4 Å². The summed E-state index contributed by atoms with van der Waals surface area (Å²) in [5.41, 5.74) is 1.35. The number of aromatic nitrogens is 1. The van der Waals surface area contributed by atoms with Crippen molar-refractivity contribution in [2.45, 2.75) is 12.2 Å². The molecule has 1 aromatic carbocycles. The predicted octanol–water partition coefficient (Wildman–Crippen LogP) is 2.12. The summed E-state index contributed by atoms with van der Waals surface area (Å²) in [6.45, 7) is 0. The number of carbonyl (C=O) groups excluding carboxylic acids is 3. The molecule has 0 saturated carbocycles. The second-order valence-electron chi connectivity index (χ2n) is 6.79. The van der Waals surface area contributed by atoms with E-state index in [0.29, 0.717) is 5.56 Å². The van der Waals surface area contributed by atoms with E-state index >= 15 is 0 Å². The average Bonchev–Trinajstić information content (AvgIpc) is 3.34. The highest BCUT2D eigenvalue weighted by Gasteiger charge is 2.59. The number of benzene rings is 1. The predicted molar refractivity (Wildman–Crippen MR) is 99.9 cm³/mol. The molecule has 7 nitrogen and oxygen atoms in total. The number of ketones is 1. The molecule has 0 aliphatic carbocycles. The molecular formula is C21H20N2O5. The molecule has 28 heavy (non-hydrogen) atoms. The van der Waals surface area contributed by atoms with Gasteiger partial charge in [0.25, 0.3) is 0 Å². The molecule has 2 aliphatic rings. The first-order valence-electron chi connectivity index (χ1n) is 8.96. The van der Waals surface area contributed by atoms with E-state index in [2.05, 4.69) is 0 Å². The summed E-state index contributed by atoms with van der Waals surface area (Å²) in [5.74, 6) is -3.28. The van der Waals surface area contributed by atoms with Crippen molar-refractivity contribution in [3.63, 3.8) is 0 Å². The molecule has 144 valence electrons. The highest BCUT2D eigenvalue weighted by molar-refractivity contribution is 6.04. The normalized spacial score (nSPS) is 25.0. The first-order chi connectivity index (χ1) is 13.6. The fourth-order valence-corrected chi connectivity index (χ4v) is 4.25. The summed E-state index contributed by atoms with van der Waals surface area (Å²) in [4.78, 5) is 40.6. The molecule has 4 rings (SSSR count). The summed E-state index contributed by atoms with van der Waals surface area (Å²) < 4.78 is 11.9. The number of nitrogens with zero attached hydrogens (tertiary/aromatic N) is 2. The van der Waals surface area contributed by atoms with Gasteiger partial charge in [0.2, 0.25) is 0 Å². The highest BCUT2D eigenvalue weighted by Crippen LogP contribution is 2.47. The lowest BCUT2D eigenvalue weighted by atomic mass is 9.85. The number of fused-ring (bicyclic) bond motifs is 3. The number of ether oxygens (including phenoxy) is 2. The molecule has 1 saturated heterocycles. The zero-order valence-electron chi connectivity index (χ0n) is 15.5. The van der Waals surface area contributed by atoms with Gasteiger partial charge in [-0.1, -0.05) is 30.3 Å². The lowest BCUT2D eigenvalue weighted by Gasteiger charge is -2.34. The van der Waals surface area contributed by atoms with Gasteiger partial charge in [0.1, 0.15) is 24.0 Å². The number of hydrogen-bond donors (Lipinski definition) is 0. The van der Waals surface area contributed by atoms with E-state index in [4.69, 9.17) is 9.47 Å². The fraction of sp³-hybridized carbons (Fsp3) is 0.286. The van der Waals surface area contributed by atoms with Crippen LogP contribution in [0, 0.1) is 11.8 Å². The zero-order chi connectivity index (χ0) is 19.8. The number of Topliss-reactive ketones (excluding diaryl/α,β-unsaturated/α-hetero) is 1. The van der Waals surface area contributed by atoms with Gasteiger partial charge in [0, 0.05) is 23.7 Å². The second kappa shape index (κ2) is 6.99. The number of carbonyl (C=O) groups is 3. The Morgan fingerprint density at radius 3 is 2.25 bits per heavy atom. The maximum Gasteiger partial charge on any atom is 0.313 e. The molecule has 3 heterocycles. The van der Waals surface area contributed by atoms with Crippen LogP contribution in [0.15, 0.2) is 54.9 Å². The minimum Gasteiger partial charge on any atom is -0.469 e. The van der Waals surface area contributed by atoms with Crippen LogP contribution in [0.3, 0.4) is 0 Å². The SMILES string of the molecule is COC(=O)[C@@H]1[C@@H](C(=O)OC)[C@@H]2N(C=Cc3cccn32)[C@@H]1C(=O)c1ccccc1. The molecule has 2 aromatic rings. The molecule has 0 bridgehead atoms. The summed E-state index contributed by atoms with van der Waals surface area (Å²) in [6, 6.07) is 11.6. The van der Waals surface area contributed by atoms with E-state index in [1.807, 2.05) is 35.0 Å².